The summed E-state index contributed by atoms with van der Waals surface area (Å²) in [5, 5.41) is 2.81. The van der Waals surface area contributed by atoms with Gasteiger partial charge in [-0.25, -0.2) is 0 Å². The monoisotopic (exact) mass is 337 g/mol. The zero-order chi connectivity index (χ0) is 18.0. The third-order valence-electron chi connectivity index (χ3n) is 4.12. The number of hydrogen-bond acceptors (Lipinski definition) is 3. The lowest BCUT2D eigenvalue weighted by Gasteiger charge is -2.09. The number of furan rings is 1. The van der Waals surface area contributed by atoms with Gasteiger partial charge in [0.05, 0.1) is 18.4 Å². The molecule has 0 fully saturated rings. The summed E-state index contributed by atoms with van der Waals surface area (Å²) in [7, 11) is 0. The van der Waals surface area contributed by atoms with Gasteiger partial charge < -0.3 is 20.0 Å². The van der Waals surface area contributed by atoms with Crippen LogP contribution in [0.25, 0.3) is 0 Å². The van der Waals surface area contributed by atoms with E-state index < -0.39 is 5.91 Å². The SMILES string of the molecule is Cc1cc(C(=O)Nc2cccc(C(N)=O)c2)c(C)n1Cc1ccco1. The molecule has 128 valence electrons. The summed E-state index contributed by atoms with van der Waals surface area (Å²) in [5.74, 6) is 0.0519. The van der Waals surface area contributed by atoms with Gasteiger partial charge in [0.2, 0.25) is 5.91 Å². The summed E-state index contributed by atoms with van der Waals surface area (Å²) >= 11 is 0. The van der Waals surface area contributed by atoms with E-state index >= 15 is 0 Å². The van der Waals surface area contributed by atoms with Gasteiger partial charge in [-0.05, 0) is 50.2 Å². The van der Waals surface area contributed by atoms with Crippen LogP contribution in [-0.2, 0) is 6.54 Å². The smallest absolute Gasteiger partial charge is 0.257 e. The number of carbonyl (C=O) groups is 2. The predicted octanol–water partition coefficient (Wildman–Crippen LogP) is 3.10. The zero-order valence-electron chi connectivity index (χ0n) is 14.1. The maximum atomic E-state index is 12.6. The number of nitrogens with zero attached hydrogens (tertiary/aromatic N) is 1. The van der Waals surface area contributed by atoms with Crippen molar-refractivity contribution in [2.45, 2.75) is 20.4 Å². The van der Waals surface area contributed by atoms with E-state index in [9.17, 15) is 9.59 Å². The fourth-order valence-corrected chi connectivity index (χ4v) is 2.78. The fourth-order valence-electron chi connectivity index (χ4n) is 2.78. The van der Waals surface area contributed by atoms with Crippen LogP contribution in [0.15, 0.2) is 53.1 Å². The average molecular weight is 337 g/mol. The third kappa shape index (κ3) is 3.47. The molecule has 3 rings (SSSR count). The second-order valence-corrected chi connectivity index (χ2v) is 5.85. The Morgan fingerprint density at radius 1 is 1.16 bits per heavy atom. The van der Waals surface area contributed by atoms with Gasteiger partial charge in [0.1, 0.15) is 5.76 Å². The Labute approximate surface area is 145 Å². The molecule has 0 radical (unpaired) electrons. The van der Waals surface area contributed by atoms with Gasteiger partial charge in [0.25, 0.3) is 5.91 Å². The molecule has 1 aromatic carbocycles. The highest BCUT2D eigenvalue weighted by atomic mass is 16.3. The highest BCUT2D eigenvalue weighted by molar-refractivity contribution is 6.06. The second kappa shape index (κ2) is 6.68. The number of aryl methyl sites for hydroxylation is 1. The minimum atomic E-state index is -0.535. The summed E-state index contributed by atoms with van der Waals surface area (Å²) in [5.41, 5.74) is 8.53. The molecule has 0 unspecified atom stereocenters. The van der Waals surface area contributed by atoms with Crippen molar-refractivity contribution < 1.29 is 14.0 Å². The van der Waals surface area contributed by atoms with E-state index in [4.69, 9.17) is 10.2 Å². The molecule has 3 N–H and O–H groups in total. The molecule has 0 bridgehead atoms. The van der Waals surface area contributed by atoms with E-state index in [-0.39, 0.29) is 5.91 Å². The summed E-state index contributed by atoms with van der Waals surface area (Å²) in [6.45, 7) is 4.40. The third-order valence-corrected chi connectivity index (χ3v) is 4.12. The van der Waals surface area contributed by atoms with Crippen molar-refractivity contribution in [3.8, 4) is 0 Å². The number of nitrogens with one attached hydrogen (secondary N) is 1. The molecular formula is C19H19N3O3. The average Bonchev–Trinajstić information content (AvgIpc) is 3.19. The van der Waals surface area contributed by atoms with Crippen molar-refractivity contribution in [2.75, 3.05) is 5.32 Å². The second-order valence-electron chi connectivity index (χ2n) is 5.85. The summed E-state index contributed by atoms with van der Waals surface area (Å²) < 4.78 is 7.40. The van der Waals surface area contributed by atoms with Crippen molar-refractivity contribution in [1.82, 2.24) is 4.57 Å². The molecule has 0 atom stereocenters. The van der Waals surface area contributed by atoms with Gasteiger partial charge in [-0.3, -0.25) is 9.59 Å². The van der Waals surface area contributed by atoms with E-state index in [1.807, 2.05) is 36.6 Å². The Morgan fingerprint density at radius 2 is 1.96 bits per heavy atom. The Balaban J connectivity index is 1.83. The summed E-state index contributed by atoms with van der Waals surface area (Å²) in [6, 6.07) is 12.1. The van der Waals surface area contributed by atoms with Gasteiger partial charge in [-0.2, -0.15) is 0 Å². The maximum absolute atomic E-state index is 12.6. The van der Waals surface area contributed by atoms with Crippen molar-refractivity contribution in [3.63, 3.8) is 0 Å². The first-order valence-corrected chi connectivity index (χ1v) is 7.86. The van der Waals surface area contributed by atoms with Crippen LogP contribution >= 0.6 is 0 Å². The topological polar surface area (TPSA) is 90.3 Å². The molecule has 0 aliphatic carbocycles. The van der Waals surface area contributed by atoms with Crippen LogP contribution in [0.1, 0.15) is 37.9 Å². The number of nitrogens with two attached hydrogens (primary N) is 1. The zero-order valence-corrected chi connectivity index (χ0v) is 14.1. The maximum Gasteiger partial charge on any atom is 0.257 e. The van der Waals surface area contributed by atoms with Gasteiger partial charge in [-0.15, -0.1) is 0 Å². The molecule has 6 heteroatoms. The van der Waals surface area contributed by atoms with Crippen LogP contribution in [0.3, 0.4) is 0 Å². The summed E-state index contributed by atoms with van der Waals surface area (Å²) in [6.07, 6.45) is 1.63. The lowest BCUT2D eigenvalue weighted by atomic mass is 10.1. The van der Waals surface area contributed by atoms with Crippen LogP contribution in [-0.4, -0.2) is 16.4 Å². The number of amides is 2. The van der Waals surface area contributed by atoms with Crippen LogP contribution in [0.5, 0.6) is 0 Å². The molecule has 0 aliphatic rings. The molecule has 25 heavy (non-hydrogen) atoms. The first-order valence-electron chi connectivity index (χ1n) is 7.86. The van der Waals surface area contributed by atoms with Gasteiger partial charge in [0.15, 0.2) is 0 Å². The van der Waals surface area contributed by atoms with Crippen molar-refractivity contribution in [1.29, 1.82) is 0 Å². The fraction of sp³-hybridized carbons (Fsp3) is 0.158. The van der Waals surface area contributed by atoms with Crippen LogP contribution in [0.4, 0.5) is 5.69 Å². The predicted molar refractivity (Wildman–Crippen MR) is 94.6 cm³/mol. The highest BCUT2D eigenvalue weighted by Crippen LogP contribution is 2.19. The molecule has 2 amide bonds. The van der Waals surface area contributed by atoms with E-state index in [0.29, 0.717) is 23.4 Å². The van der Waals surface area contributed by atoms with Gasteiger partial charge >= 0.3 is 0 Å². The number of hydrogen-bond donors (Lipinski definition) is 2. The minimum Gasteiger partial charge on any atom is -0.467 e. The normalized spacial score (nSPS) is 10.6. The van der Waals surface area contributed by atoms with Gasteiger partial charge in [0, 0.05) is 22.6 Å². The van der Waals surface area contributed by atoms with Crippen LogP contribution in [0.2, 0.25) is 0 Å². The highest BCUT2D eigenvalue weighted by Gasteiger charge is 2.17. The molecule has 0 saturated carbocycles. The number of benzene rings is 1. The number of anilines is 1. The van der Waals surface area contributed by atoms with Crippen LogP contribution in [0, 0.1) is 13.8 Å². The number of aromatic nitrogens is 1. The van der Waals surface area contributed by atoms with Crippen molar-refractivity contribution in [3.05, 3.63) is 77.0 Å². The van der Waals surface area contributed by atoms with Crippen molar-refractivity contribution >= 4 is 17.5 Å². The first-order chi connectivity index (χ1) is 12.0. The van der Waals surface area contributed by atoms with Crippen molar-refractivity contribution in [2.24, 2.45) is 5.73 Å². The minimum absolute atomic E-state index is 0.236. The number of carbonyl (C=O) groups excluding carboxylic acids is 2. The standard InChI is InChI=1S/C19H19N3O3/c1-12-9-17(13(2)22(12)11-16-7-4-8-25-16)19(24)21-15-6-3-5-14(10-15)18(20)23/h3-10H,11H2,1-2H3,(H2,20,23)(H,21,24). The molecule has 2 aromatic heterocycles. The largest absolute Gasteiger partial charge is 0.467 e. The molecule has 0 saturated heterocycles. The van der Waals surface area contributed by atoms with Gasteiger partial charge in [-0.1, -0.05) is 6.07 Å². The lowest BCUT2D eigenvalue weighted by Crippen LogP contribution is -2.15. The van der Waals surface area contributed by atoms with Crippen LogP contribution < -0.4 is 11.1 Å². The first kappa shape index (κ1) is 16.6. The molecule has 0 aliphatic heterocycles. The molecule has 0 spiro atoms. The van der Waals surface area contributed by atoms with E-state index in [1.165, 1.54) is 0 Å². The van der Waals surface area contributed by atoms with E-state index in [2.05, 4.69) is 5.32 Å². The summed E-state index contributed by atoms with van der Waals surface area (Å²) in [4.78, 5) is 23.9. The Bertz CT molecular complexity index is 924. The quantitative estimate of drug-likeness (QED) is 0.749. The van der Waals surface area contributed by atoms with E-state index in [1.54, 1.807) is 30.5 Å². The Hall–Kier alpha value is -3.28. The number of primary amides is 1. The van der Waals surface area contributed by atoms with E-state index in [0.717, 1.165) is 17.1 Å². The molecule has 2 heterocycles. The molecule has 6 nitrogen and oxygen atoms in total. The number of rotatable bonds is 5. The Kier molecular flexibility index (Phi) is 4.43. The Morgan fingerprint density at radius 3 is 2.64 bits per heavy atom. The molecule has 3 aromatic rings. The molecular weight excluding hydrogens is 318 g/mol. The lowest BCUT2D eigenvalue weighted by molar-refractivity contribution is 0.0996.